The van der Waals surface area contributed by atoms with Crippen LogP contribution in [0.15, 0.2) is 42.5 Å². The quantitative estimate of drug-likeness (QED) is 0.732. The summed E-state index contributed by atoms with van der Waals surface area (Å²) in [5, 5.41) is 0. The molecule has 1 saturated carbocycles. The number of hydrogen-bond donors (Lipinski definition) is 2. The Morgan fingerprint density at radius 1 is 0.900 bits per heavy atom. The van der Waals surface area contributed by atoms with Gasteiger partial charge in [0.05, 0.1) is 6.54 Å². The van der Waals surface area contributed by atoms with E-state index >= 15 is 0 Å². The Bertz CT molecular complexity index is 473. The van der Waals surface area contributed by atoms with E-state index in [0.29, 0.717) is 0 Å². The molecule has 2 heteroatoms. The van der Waals surface area contributed by atoms with E-state index in [4.69, 9.17) is 0 Å². The first-order chi connectivity index (χ1) is 9.88. The molecule has 1 aromatic rings. The molecule has 2 nitrogen and oxygen atoms in total. The standard InChI is InChI=1S/C18H24N2/c1-2-4-18(5-3-1)20-10-8-19(9-11-20)14-17-13-15-6-7-16(17)12-15/h1-7,15-17H,8-14H2/p+2/t15-,16-,17-/m0/s1. The maximum absolute atomic E-state index is 2.50. The number of quaternary nitrogens is 2. The van der Waals surface area contributed by atoms with Crippen LogP contribution in [0.1, 0.15) is 12.8 Å². The van der Waals surface area contributed by atoms with E-state index in [9.17, 15) is 0 Å². The van der Waals surface area contributed by atoms with E-state index < -0.39 is 0 Å². The molecule has 2 N–H and O–H groups in total. The van der Waals surface area contributed by atoms with Crippen LogP contribution in [-0.2, 0) is 0 Å². The van der Waals surface area contributed by atoms with Crippen molar-refractivity contribution in [2.45, 2.75) is 12.8 Å². The monoisotopic (exact) mass is 270 g/mol. The summed E-state index contributed by atoms with van der Waals surface area (Å²) < 4.78 is 0. The van der Waals surface area contributed by atoms with Crippen LogP contribution in [0.2, 0.25) is 0 Å². The first-order valence-corrected chi connectivity index (χ1v) is 8.30. The highest BCUT2D eigenvalue weighted by Gasteiger charge is 2.38. The minimum atomic E-state index is 0.923. The largest absolute Gasteiger partial charge is 0.325 e. The molecule has 3 atom stereocenters. The second-order valence-electron chi connectivity index (χ2n) is 6.96. The van der Waals surface area contributed by atoms with Crippen LogP contribution >= 0.6 is 0 Å². The summed E-state index contributed by atoms with van der Waals surface area (Å²) in [5.41, 5.74) is 1.48. The normalized spacial score (nSPS) is 39.3. The maximum atomic E-state index is 2.50. The second-order valence-corrected chi connectivity index (χ2v) is 6.96. The predicted octanol–water partition coefficient (Wildman–Crippen LogP) is 0.314. The highest BCUT2D eigenvalue weighted by Crippen LogP contribution is 2.42. The molecule has 20 heavy (non-hydrogen) atoms. The average molecular weight is 270 g/mol. The number of rotatable bonds is 3. The Morgan fingerprint density at radius 3 is 2.35 bits per heavy atom. The molecule has 4 rings (SSSR count). The molecule has 0 unspecified atom stereocenters. The summed E-state index contributed by atoms with van der Waals surface area (Å²) in [5.74, 6) is 2.84. The molecular weight excluding hydrogens is 244 g/mol. The zero-order valence-corrected chi connectivity index (χ0v) is 12.2. The number of allylic oxidation sites excluding steroid dienone is 2. The number of fused-ring (bicyclic) bond motifs is 2. The fraction of sp³-hybridized carbons (Fsp3) is 0.556. The van der Waals surface area contributed by atoms with Crippen LogP contribution in [0, 0.1) is 17.8 Å². The van der Waals surface area contributed by atoms with Crippen molar-refractivity contribution in [1.29, 1.82) is 0 Å². The third kappa shape index (κ3) is 2.43. The van der Waals surface area contributed by atoms with Gasteiger partial charge in [-0.25, -0.2) is 0 Å². The SMILES string of the molecule is C1=C[C@H]2C[C@H]1C[C@H]2C[NH+]1CC[NH+](c2ccccc2)CC1. The van der Waals surface area contributed by atoms with E-state index in [1.807, 2.05) is 4.90 Å². The molecule has 106 valence electrons. The van der Waals surface area contributed by atoms with Gasteiger partial charge in [-0.15, -0.1) is 0 Å². The predicted molar refractivity (Wildman–Crippen MR) is 81.2 cm³/mol. The van der Waals surface area contributed by atoms with Crippen molar-refractivity contribution in [2.24, 2.45) is 17.8 Å². The molecule has 0 amide bonds. The first-order valence-electron chi connectivity index (χ1n) is 8.30. The molecule has 1 heterocycles. The van der Waals surface area contributed by atoms with E-state index in [-0.39, 0.29) is 0 Å². The van der Waals surface area contributed by atoms with Crippen molar-refractivity contribution in [2.75, 3.05) is 32.7 Å². The molecule has 2 aliphatic carbocycles. The Morgan fingerprint density at radius 2 is 1.70 bits per heavy atom. The summed E-state index contributed by atoms with van der Waals surface area (Å²) in [4.78, 5) is 3.54. The highest BCUT2D eigenvalue weighted by atomic mass is 15.3. The van der Waals surface area contributed by atoms with E-state index in [1.165, 1.54) is 51.3 Å². The molecule has 1 aromatic carbocycles. The summed E-state index contributed by atoms with van der Waals surface area (Å²) in [6.07, 6.45) is 7.90. The summed E-state index contributed by atoms with van der Waals surface area (Å²) in [6, 6.07) is 11.0. The average Bonchev–Trinajstić information content (AvgIpc) is 3.12. The zero-order chi connectivity index (χ0) is 13.4. The lowest BCUT2D eigenvalue weighted by Crippen LogP contribution is -3.26. The van der Waals surface area contributed by atoms with Crippen LogP contribution < -0.4 is 9.80 Å². The topological polar surface area (TPSA) is 8.88 Å². The van der Waals surface area contributed by atoms with E-state index in [2.05, 4.69) is 42.5 Å². The van der Waals surface area contributed by atoms with Crippen molar-refractivity contribution in [3.05, 3.63) is 42.5 Å². The van der Waals surface area contributed by atoms with Gasteiger partial charge in [0, 0.05) is 5.92 Å². The third-order valence-corrected chi connectivity index (χ3v) is 5.71. The van der Waals surface area contributed by atoms with Crippen molar-refractivity contribution < 1.29 is 9.80 Å². The fourth-order valence-electron chi connectivity index (χ4n) is 4.57. The van der Waals surface area contributed by atoms with Crippen LogP contribution in [0.5, 0.6) is 0 Å². The van der Waals surface area contributed by atoms with E-state index in [0.717, 1.165) is 17.8 Å². The van der Waals surface area contributed by atoms with Crippen molar-refractivity contribution in [3.63, 3.8) is 0 Å². The minimum Gasteiger partial charge on any atom is -0.325 e. The number of nitrogens with one attached hydrogen (secondary N) is 2. The lowest BCUT2D eigenvalue weighted by Gasteiger charge is -2.32. The number of para-hydroxylation sites is 1. The van der Waals surface area contributed by atoms with Crippen molar-refractivity contribution in [3.8, 4) is 0 Å². The Hall–Kier alpha value is -1.12. The lowest BCUT2D eigenvalue weighted by atomic mass is 9.93. The molecule has 1 saturated heterocycles. The molecule has 3 aliphatic rings. The van der Waals surface area contributed by atoms with Crippen LogP contribution in [0.4, 0.5) is 5.69 Å². The molecule has 0 spiro atoms. The van der Waals surface area contributed by atoms with Gasteiger partial charge < -0.3 is 4.90 Å². The summed E-state index contributed by atoms with van der Waals surface area (Å²) in [6.45, 7) is 6.73. The van der Waals surface area contributed by atoms with Gasteiger partial charge in [0.2, 0.25) is 0 Å². The molecule has 1 aliphatic heterocycles. The van der Waals surface area contributed by atoms with E-state index in [1.54, 1.807) is 4.90 Å². The van der Waals surface area contributed by atoms with Crippen LogP contribution in [0.3, 0.4) is 0 Å². The summed E-state index contributed by atoms with van der Waals surface area (Å²) in [7, 11) is 0. The Kier molecular flexibility index (Phi) is 3.37. The number of hydrogen-bond acceptors (Lipinski definition) is 0. The third-order valence-electron chi connectivity index (χ3n) is 5.71. The van der Waals surface area contributed by atoms with Gasteiger partial charge in [-0.05, 0) is 36.8 Å². The summed E-state index contributed by atoms with van der Waals surface area (Å²) >= 11 is 0. The van der Waals surface area contributed by atoms with Gasteiger partial charge in [0.25, 0.3) is 0 Å². The molecular formula is C18H26N2+2. The van der Waals surface area contributed by atoms with Gasteiger partial charge in [-0.2, -0.15) is 0 Å². The molecule has 2 fully saturated rings. The molecule has 0 aromatic heterocycles. The minimum absolute atomic E-state index is 0.923. The highest BCUT2D eigenvalue weighted by molar-refractivity contribution is 5.27. The Balaban J connectivity index is 1.31. The molecule has 0 radical (unpaired) electrons. The van der Waals surface area contributed by atoms with Gasteiger partial charge in [0.15, 0.2) is 0 Å². The second kappa shape index (κ2) is 5.34. The smallest absolute Gasteiger partial charge is 0.132 e. The fourth-order valence-corrected chi connectivity index (χ4v) is 4.57. The van der Waals surface area contributed by atoms with Crippen molar-refractivity contribution >= 4 is 5.69 Å². The molecule has 2 bridgehead atoms. The number of benzene rings is 1. The van der Waals surface area contributed by atoms with Crippen molar-refractivity contribution in [1.82, 2.24) is 0 Å². The zero-order valence-electron chi connectivity index (χ0n) is 12.2. The van der Waals surface area contributed by atoms with Crippen LogP contribution in [-0.4, -0.2) is 32.7 Å². The van der Waals surface area contributed by atoms with Gasteiger partial charge >= 0.3 is 0 Å². The Labute approximate surface area is 122 Å². The van der Waals surface area contributed by atoms with Crippen LogP contribution in [0.25, 0.3) is 0 Å². The number of piperazine rings is 1. The first kappa shape index (κ1) is 12.6. The lowest BCUT2D eigenvalue weighted by molar-refractivity contribution is -0.988. The van der Waals surface area contributed by atoms with Gasteiger partial charge in [-0.3, -0.25) is 4.90 Å². The van der Waals surface area contributed by atoms with Gasteiger partial charge in [-0.1, -0.05) is 30.4 Å². The van der Waals surface area contributed by atoms with Gasteiger partial charge in [0.1, 0.15) is 31.9 Å². The maximum Gasteiger partial charge on any atom is 0.132 e.